The SMILES string of the molecule is [C]#N.[C]#N.[C]#N.[C]#N.[K+].[K+].[Pt]. The molecule has 4 nitrogen and oxygen atoms in total. The van der Waals surface area contributed by atoms with Crippen LogP contribution in [0.5, 0.6) is 0 Å². The molecule has 0 rings (SSSR count). The Bertz CT molecular complexity index is 63.1. The molecule has 0 fully saturated rings. The van der Waals surface area contributed by atoms with E-state index in [-0.39, 0.29) is 124 Å². The van der Waals surface area contributed by atoms with Gasteiger partial charge in [0.05, 0.1) is 0 Å². The van der Waals surface area contributed by atoms with E-state index in [1.807, 2.05) is 0 Å². The van der Waals surface area contributed by atoms with Crippen molar-refractivity contribution in [2.24, 2.45) is 0 Å². The third-order valence-corrected chi connectivity index (χ3v) is 0. The summed E-state index contributed by atoms with van der Waals surface area (Å²) in [6, 6.07) is 0. The second kappa shape index (κ2) is 385. The molecule has 46 valence electrons. The zero-order valence-corrected chi connectivity index (χ0v) is 14.6. The Morgan fingerprint density at radius 1 is 0.455 bits per heavy atom. The predicted octanol–water partition coefficient (Wildman–Crippen LogP) is -5.61. The summed E-state index contributed by atoms with van der Waals surface area (Å²) in [5.74, 6) is 0. The molecule has 0 aliphatic carbocycles. The summed E-state index contributed by atoms with van der Waals surface area (Å²) in [5.41, 5.74) is 0. The van der Waals surface area contributed by atoms with Gasteiger partial charge in [-0.05, 0) is 0 Å². The van der Waals surface area contributed by atoms with Crippen LogP contribution in [0.1, 0.15) is 0 Å². The molecule has 0 aromatic rings. The van der Waals surface area contributed by atoms with Gasteiger partial charge in [0.1, 0.15) is 0 Å². The minimum absolute atomic E-state index is 0. The molecule has 11 heavy (non-hydrogen) atoms. The third kappa shape index (κ3) is 318. The molecule has 0 heterocycles. The van der Waals surface area contributed by atoms with Crippen molar-refractivity contribution >= 4 is 0 Å². The Kier molecular flexibility index (Phi) is 1830. The fourth-order valence-corrected chi connectivity index (χ4v) is 0. The summed E-state index contributed by atoms with van der Waals surface area (Å²) >= 11 is 0. The van der Waals surface area contributed by atoms with Crippen LogP contribution in [-0.2, 0) is 21.1 Å². The first-order valence-electron chi connectivity index (χ1n) is 0.894. The van der Waals surface area contributed by atoms with E-state index in [0.29, 0.717) is 0 Å². The number of hydrogen-bond acceptors (Lipinski definition) is 4. The summed E-state index contributed by atoms with van der Waals surface area (Å²) < 4.78 is 0. The van der Waals surface area contributed by atoms with Crippen molar-refractivity contribution in [2.45, 2.75) is 0 Å². The normalized spacial score (nSPS) is 0.727. The molecule has 0 aliphatic rings. The van der Waals surface area contributed by atoms with Gasteiger partial charge in [0.25, 0.3) is 0 Å². The van der Waals surface area contributed by atoms with E-state index in [1.54, 1.807) is 0 Å². The van der Waals surface area contributed by atoms with Crippen LogP contribution in [0.15, 0.2) is 0 Å². The summed E-state index contributed by atoms with van der Waals surface area (Å²) in [4.78, 5) is 0. The van der Waals surface area contributed by atoms with Crippen LogP contribution in [0, 0.1) is 47.3 Å². The van der Waals surface area contributed by atoms with Crippen molar-refractivity contribution in [1.82, 2.24) is 0 Å². The zero-order valence-electron chi connectivity index (χ0n) is 6.11. The van der Waals surface area contributed by atoms with Gasteiger partial charge in [-0.3, -0.25) is 0 Å². The Morgan fingerprint density at radius 2 is 0.455 bits per heavy atom. The molecule has 0 aromatic heterocycles. The Morgan fingerprint density at radius 3 is 0.455 bits per heavy atom. The van der Waals surface area contributed by atoms with Gasteiger partial charge in [-0.1, -0.05) is 0 Å². The largest absolute Gasteiger partial charge is 1.00 e. The minimum atomic E-state index is 0. The van der Waals surface area contributed by atoms with Gasteiger partial charge in [0, 0.05) is 21.1 Å². The Hall–Kier alpha value is 1.92. The van der Waals surface area contributed by atoms with Gasteiger partial charge in [0.15, 0.2) is 26.3 Å². The first kappa shape index (κ1) is 52.4. The average Bonchev–Trinajstić information content (AvgIpc) is 2.03. The van der Waals surface area contributed by atoms with Crippen molar-refractivity contribution in [1.29, 1.82) is 21.0 Å². The number of nitrogens with zero attached hydrogens (tertiary/aromatic N) is 4. The van der Waals surface area contributed by atoms with E-state index in [4.69, 9.17) is 47.3 Å². The molecule has 0 N–H and O–H groups in total. The molecule has 0 bridgehead atoms. The van der Waals surface area contributed by atoms with E-state index in [2.05, 4.69) is 0 Å². The molecular formula is C4K2N4Pt+2. The van der Waals surface area contributed by atoms with Crippen LogP contribution in [0.2, 0.25) is 0 Å². The van der Waals surface area contributed by atoms with Gasteiger partial charge >= 0.3 is 103 Å². The second-order valence-corrected chi connectivity index (χ2v) is 0. The fourth-order valence-electron chi connectivity index (χ4n) is 0. The second-order valence-electron chi connectivity index (χ2n) is 0. The molecule has 0 saturated heterocycles. The standard InChI is InChI=1S/4CN.2K.Pt/c4*1-2;;;/q;;;;2*+1;. The van der Waals surface area contributed by atoms with E-state index in [1.165, 1.54) is 0 Å². The van der Waals surface area contributed by atoms with Crippen molar-refractivity contribution in [2.75, 3.05) is 0 Å². The summed E-state index contributed by atoms with van der Waals surface area (Å²) in [7, 11) is 0. The number of rotatable bonds is 0. The van der Waals surface area contributed by atoms with Crippen molar-refractivity contribution < 1.29 is 124 Å². The summed E-state index contributed by atoms with van der Waals surface area (Å²) in [6.45, 7) is 19.0. The van der Waals surface area contributed by atoms with Crippen LogP contribution in [-0.4, -0.2) is 0 Å². The van der Waals surface area contributed by atoms with Crippen LogP contribution in [0.25, 0.3) is 0 Å². The molecule has 0 unspecified atom stereocenters. The first-order valence-corrected chi connectivity index (χ1v) is 0.894. The van der Waals surface area contributed by atoms with Crippen LogP contribution in [0.3, 0.4) is 0 Å². The van der Waals surface area contributed by atoms with Gasteiger partial charge in [0.2, 0.25) is 0 Å². The molecule has 4 radical (unpaired) electrons. The third-order valence-electron chi connectivity index (χ3n) is 0. The van der Waals surface area contributed by atoms with Crippen LogP contribution in [0.4, 0.5) is 0 Å². The van der Waals surface area contributed by atoms with E-state index >= 15 is 0 Å². The van der Waals surface area contributed by atoms with Gasteiger partial charge < -0.3 is 0 Å². The van der Waals surface area contributed by atoms with Gasteiger partial charge in [-0.2, -0.15) is 21.0 Å². The molecule has 0 amide bonds. The smallest absolute Gasteiger partial charge is 0.181 e. The van der Waals surface area contributed by atoms with Crippen LogP contribution < -0.4 is 103 Å². The molecule has 0 aromatic carbocycles. The molecular weight excluding hydrogens is 377 g/mol. The maximum atomic E-state index is 6.25. The van der Waals surface area contributed by atoms with Crippen LogP contribution >= 0.6 is 0 Å². The zero-order chi connectivity index (χ0) is 8.00. The molecule has 0 saturated carbocycles. The summed E-state index contributed by atoms with van der Waals surface area (Å²) in [6.07, 6.45) is 0. The predicted molar refractivity (Wildman–Crippen MR) is 19.9 cm³/mol. The summed E-state index contributed by atoms with van der Waals surface area (Å²) in [5, 5.41) is 25.0. The molecule has 0 spiro atoms. The Balaban J connectivity index is -0.00000000356. The average molecular weight is 377 g/mol. The monoisotopic (exact) mass is 377 g/mol. The fraction of sp³-hybridized carbons (Fsp3) is 0. The van der Waals surface area contributed by atoms with Crippen molar-refractivity contribution in [3.05, 3.63) is 26.3 Å². The molecule has 7 heteroatoms. The van der Waals surface area contributed by atoms with E-state index in [0.717, 1.165) is 0 Å². The van der Waals surface area contributed by atoms with E-state index in [9.17, 15) is 0 Å². The van der Waals surface area contributed by atoms with Gasteiger partial charge in [-0.25, -0.2) is 0 Å². The number of hydrogen-bond donors (Lipinski definition) is 0. The van der Waals surface area contributed by atoms with E-state index < -0.39 is 0 Å². The quantitative estimate of drug-likeness (QED) is 0.394. The van der Waals surface area contributed by atoms with Crippen molar-refractivity contribution in [3.63, 3.8) is 0 Å². The minimum Gasteiger partial charge on any atom is -0.181 e. The topological polar surface area (TPSA) is 95.2 Å². The maximum Gasteiger partial charge on any atom is 1.00 e. The molecule has 0 aliphatic heterocycles. The van der Waals surface area contributed by atoms with Gasteiger partial charge in [-0.15, -0.1) is 0 Å². The first-order chi connectivity index (χ1) is 4.00. The Labute approximate surface area is 167 Å². The molecule has 0 atom stereocenters. The van der Waals surface area contributed by atoms with Crippen molar-refractivity contribution in [3.8, 4) is 0 Å². The maximum absolute atomic E-state index is 6.25.